The molecule has 25 heavy (non-hydrogen) atoms. The average Bonchev–Trinajstić information content (AvgIpc) is 2.79. The van der Waals surface area contributed by atoms with E-state index in [0.29, 0.717) is 12.3 Å². The first kappa shape index (κ1) is 19.0. The molecule has 0 bridgehead atoms. The van der Waals surface area contributed by atoms with Crippen LogP contribution in [0.5, 0.6) is 5.75 Å². The van der Waals surface area contributed by atoms with Crippen LogP contribution in [0, 0.1) is 5.92 Å². The summed E-state index contributed by atoms with van der Waals surface area (Å²) >= 11 is 0. The van der Waals surface area contributed by atoms with Crippen LogP contribution >= 0.6 is 0 Å². The summed E-state index contributed by atoms with van der Waals surface area (Å²) in [5.74, 6) is -0.730. The fraction of sp³-hybridized carbons (Fsp3) is 0.500. The average molecular weight is 345 g/mol. The Morgan fingerprint density at radius 1 is 1.28 bits per heavy atom. The first-order valence-electron chi connectivity index (χ1n) is 8.82. The lowest BCUT2D eigenvalue weighted by atomic mass is 9.91. The van der Waals surface area contributed by atoms with Crippen LogP contribution in [0.15, 0.2) is 35.6 Å². The third-order valence-electron chi connectivity index (χ3n) is 4.10. The van der Waals surface area contributed by atoms with Crippen molar-refractivity contribution in [1.82, 2.24) is 4.90 Å². The molecular weight excluding hydrogens is 318 g/mol. The van der Waals surface area contributed by atoms with Crippen LogP contribution in [-0.2, 0) is 9.59 Å². The van der Waals surface area contributed by atoms with Gasteiger partial charge in [-0.1, -0.05) is 32.9 Å². The van der Waals surface area contributed by atoms with Gasteiger partial charge in [0.1, 0.15) is 5.75 Å². The molecule has 136 valence electrons. The summed E-state index contributed by atoms with van der Waals surface area (Å²) in [4.78, 5) is 26.8. The highest BCUT2D eigenvalue weighted by Crippen LogP contribution is 2.39. The molecule has 1 heterocycles. The molecule has 0 saturated heterocycles. The maximum Gasteiger partial charge on any atom is 0.290 e. The molecule has 1 amide bonds. The zero-order chi connectivity index (χ0) is 18.7. The van der Waals surface area contributed by atoms with Crippen LogP contribution in [0.3, 0.4) is 0 Å². The molecular formula is C20H27NO4. The van der Waals surface area contributed by atoms with E-state index in [4.69, 9.17) is 4.74 Å². The molecule has 1 aliphatic rings. The minimum absolute atomic E-state index is 0.0212. The molecule has 0 aromatic heterocycles. The van der Waals surface area contributed by atoms with Gasteiger partial charge in [-0.3, -0.25) is 9.59 Å². The van der Waals surface area contributed by atoms with Crippen LogP contribution in [0.4, 0.5) is 0 Å². The second kappa shape index (κ2) is 7.72. The molecule has 1 N–H and O–H groups in total. The van der Waals surface area contributed by atoms with E-state index in [1.165, 1.54) is 0 Å². The molecule has 1 unspecified atom stereocenters. The molecule has 0 spiro atoms. The number of ketones is 1. The number of hydrogen-bond donors (Lipinski definition) is 1. The van der Waals surface area contributed by atoms with Crippen molar-refractivity contribution in [2.45, 2.75) is 53.2 Å². The quantitative estimate of drug-likeness (QED) is 0.816. The van der Waals surface area contributed by atoms with E-state index in [0.717, 1.165) is 12.0 Å². The zero-order valence-electron chi connectivity index (χ0n) is 15.6. The topological polar surface area (TPSA) is 66.8 Å². The Kier molecular flexibility index (Phi) is 5.88. The number of carbonyl (C=O) groups excluding carboxylic acids is 2. The predicted octanol–water partition coefficient (Wildman–Crippen LogP) is 3.80. The van der Waals surface area contributed by atoms with Gasteiger partial charge in [0, 0.05) is 12.5 Å². The number of Topliss-reactive ketones (excluding diaryl/α,β-unsaturated/α-hetero) is 1. The Balaban J connectivity index is 2.52. The van der Waals surface area contributed by atoms with Gasteiger partial charge in [-0.2, -0.15) is 0 Å². The van der Waals surface area contributed by atoms with Gasteiger partial charge in [-0.05, 0) is 38.0 Å². The van der Waals surface area contributed by atoms with Crippen LogP contribution in [-0.4, -0.2) is 34.3 Å². The number of aliphatic hydroxyl groups is 1. The van der Waals surface area contributed by atoms with E-state index in [1.54, 1.807) is 18.7 Å². The molecule has 1 atom stereocenters. The fourth-order valence-corrected chi connectivity index (χ4v) is 3.06. The maximum atomic E-state index is 12.7. The summed E-state index contributed by atoms with van der Waals surface area (Å²) in [6.07, 6.45) is 0.758. The highest BCUT2D eigenvalue weighted by atomic mass is 16.5. The van der Waals surface area contributed by atoms with E-state index in [2.05, 4.69) is 0 Å². The second-order valence-corrected chi connectivity index (χ2v) is 6.92. The van der Waals surface area contributed by atoms with E-state index < -0.39 is 17.7 Å². The minimum Gasteiger partial charge on any atom is -0.503 e. The predicted molar refractivity (Wildman–Crippen MR) is 96.5 cm³/mol. The molecule has 0 radical (unpaired) electrons. The summed E-state index contributed by atoms with van der Waals surface area (Å²) in [6.45, 7) is 9.85. The van der Waals surface area contributed by atoms with Crippen molar-refractivity contribution in [2.75, 3.05) is 6.54 Å². The third kappa shape index (κ3) is 3.86. The summed E-state index contributed by atoms with van der Waals surface area (Å²) in [5, 5.41) is 10.4. The molecule has 0 fully saturated rings. The van der Waals surface area contributed by atoms with Crippen molar-refractivity contribution in [3.05, 3.63) is 41.2 Å². The lowest BCUT2D eigenvalue weighted by Crippen LogP contribution is -2.32. The van der Waals surface area contributed by atoms with Crippen LogP contribution in [0.2, 0.25) is 0 Å². The van der Waals surface area contributed by atoms with E-state index in [9.17, 15) is 14.7 Å². The number of benzene rings is 1. The normalized spacial score (nSPS) is 17.8. The zero-order valence-corrected chi connectivity index (χ0v) is 15.6. The van der Waals surface area contributed by atoms with Gasteiger partial charge < -0.3 is 14.7 Å². The summed E-state index contributed by atoms with van der Waals surface area (Å²) in [6, 6.07) is 6.82. The number of ether oxygens (including phenoxy) is 1. The van der Waals surface area contributed by atoms with Crippen LogP contribution in [0.1, 0.15) is 52.6 Å². The van der Waals surface area contributed by atoms with Crippen molar-refractivity contribution in [3.63, 3.8) is 0 Å². The highest BCUT2D eigenvalue weighted by molar-refractivity contribution is 6.09. The van der Waals surface area contributed by atoms with Gasteiger partial charge >= 0.3 is 0 Å². The number of rotatable bonds is 7. The van der Waals surface area contributed by atoms with Crippen LogP contribution < -0.4 is 4.74 Å². The standard InChI is InChI=1S/C20H27NO4/c1-6-10-21-17(14-8-7-9-15(11-14)25-13(4)5)16(18(22)12(2)3)19(23)20(21)24/h7-9,11-13,17,23H,6,10H2,1-5H3. The van der Waals surface area contributed by atoms with Gasteiger partial charge in [-0.25, -0.2) is 0 Å². The second-order valence-electron chi connectivity index (χ2n) is 6.92. The molecule has 0 aliphatic carbocycles. The molecule has 5 heteroatoms. The third-order valence-corrected chi connectivity index (χ3v) is 4.10. The first-order valence-corrected chi connectivity index (χ1v) is 8.82. The number of aliphatic hydroxyl groups excluding tert-OH is 1. The SMILES string of the molecule is CCCN1C(=O)C(O)=C(C(=O)C(C)C)C1c1cccc(OC(C)C)c1. The van der Waals surface area contributed by atoms with Crippen molar-refractivity contribution in [2.24, 2.45) is 5.92 Å². The van der Waals surface area contributed by atoms with Gasteiger partial charge in [0.2, 0.25) is 0 Å². The van der Waals surface area contributed by atoms with Crippen molar-refractivity contribution >= 4 is 11.7 Å². The van der Waals surface area contributed by atoms with Crippen molar-refractivity contribution in [1.29, 1.82) is 0 Å². The fourth-order valence-electron chi connectivity index (χ4n) is 3.06. The number of nitrogens with zero attached hydrogens (tertiary/aromatic N) is 1. The molecule has 0 saturated carbocycles. The Bertz CT molecular complexity index is 691. The molecule has 5 nitrogen and oxygen atoms in total. The van der Waals surface area contributed by atoms with Gasteiger partial charge in [0.05, 0.1) is 17.7 Å². The molecule has 1 aromatic rings. The summed E-state index contributed by atoms with van der Waals surface area (Å²) in [5.41, 5.74) is 0.961. The van der Waals surface area contributed by atoms with Crippen molar-refractivity contribution in [3.8, 4) is 5.75 Å². The van der Waals surface area contributed by atoms with Gasteiger partial charge in [0.15, 0.2) is 11.5 Å². The molecule has 1 aromatic carbocycles. The van der Waals surface area contributed by atoms with E-state index in [-0.39, 0.29) is 23.4 Å². The molecule has 2 rings (SSSR count). The number of carbonyl (C=O) groups is 2. The maximum absolute atomic E-state index is 12.7. The Labute approximate surface area is 149 Å². The first-order chi connectivity index (χ1) is 11.8. The number of amides is 1. The minimum atomic E-state index is -0.571. The number of hydrogen-bond acceptors (Lipinski definition) is 4. The van der Waals surface area contributed by atoms with Crippen LogP contribution in [0.25, 0.3) is 0 Å². The van der Waals surface area contributed by atoms with E-state index in [1.807, 2.05) is 45.0 Å². The summed E-state index contributed by atoms with van der Waals surface area (Å²) < 4.78 is 5.74. The smallest absolute Gasteiger partial charge is 0.290 e. The molecule has 1 aliphatic heterocycles. The van der Waals surface area contributed by atoms with Crippen molar-refractivity contribution < 1.29 is 19.4 Å². The van der Waals surface area contributed by atoms with E-state index >= 15 is 0 Å². The Morgan fingerprint density at radius 2 is 1.96 bits per heavy atom. The lowest BCUT2D eigenvalue weighted by molar-refractivity contribution is -0.129. The lowest BCUT2D eigenvalue weighted by Gasteiger charge is -2.27. The van der Waals surface area contributed by atoms with Gasteiger partial charge in [-0.15, -0.1) is 0 Å². The largest absolute Gasteiger partial charge is 0.503 e. The monoisotopic (exact) mass is 345 g/mol. The Morgan fingerprint density at radius 3 is 2.52 bits per heavy atom. The summed E-state index contributed by atoms with van der Waals surface area (Å²) in [7, 11) is 0. The van der Waals surface area contributed by atoms with Gasteiger partial charge in [0.25, 0.3) is 5.91 Å². The Hall–Kier alpha value is -2.30. The highest BCUT2D eigenvalue weighted by Gasteiger charge is 2.43.